The Morgan fingerprint density at radius 1 is 0.771 bits per heavy atom. The average molecular weight is 759 g/mol. The summed E-state index contributed by atoms with van der Waals surface area (Å²) in [5.74, 6) is 0.205. The quantitative estimate of drug-likeness (QED) is 0.0477. The zero-order valence-electron chi connectivity index (χ0n) is 25.3. The van der Waals surface area contributed by atoms with Gasteiger partial charge in [-0.05, 0) is 66.4 Å². The third-order valence-corrected chi connectivity index (χ3v) is 10.6. The Balaban J connectivity index is 1.55. The predicted molar refractivity (Wildman–Crippen MR) is 182 cm³/mol. The van der Waals surface area contributed by atoms with Gasteiger partial charge in [0.15, 0.2) is 10.3 Å². The number of anilines is 2. The van der Waals surface area contributed by atoms with Gasteiger partial charge in [0.05, 0.1) is 40.6 Å². The first kappa shape index (κ1) is 37.4. The van der Waals surface area contributed by atoms with Crippen LogP contribution in [-0.2, 0) is 30.4 Å². The molecule has 4 aromatic rings. The van der Waals surface area contributed by atoms with E-state index in [2.05, 4.69) is 30.5 Å². The lowest BCUT2D eigenvalue weighted by Gasteiger charge is -2.13. The van der Waals surface area contributed by atoms with Gasteiger partial charge in [0, 0.05) is 17.6 Å². The van der Waals surface area contributed by atoms with Crippen molar-refractivity contribution < 1.29 is 43.6 Å². The van der Waals surface area contributed by atoms with Crippen LogP contribution in [0.2, 0.25) is 0 Å². The van der Waals surface area contributed by atoms with E-state index in [1.54, 1.807) is 43.3 Å². The molecule has 1 aromatic heterocycles. The smallest absolute Gasteiger partial charge is 0.294 e. The van der Waals surface area contributed by atoms with Gasteiger partial charge in [-0.2, -0.15) is 50.4 Å². The van der Waals surface area contributed by atoms with Crippen molar-refractivity contribution >= 4 is 87.7 Å². The molecule has 258 valence electrons. The Kier molecular flexibility index (Phi) is 12.3. The number of hydrogen-bond donors (Lipinski definition) is 4. The topological polar surface area (TPSA) is 248 Å². The molecule has 0 bridgehead atoms. The molecule has 1 heterocycles. The molecular weight excluding hydrogens is 729 g/mol. The molecule has 0 unspecified atom stereocenters. The molecule has 0 amide bonds. The van der Waals surface area contributed by atoms with Crippen molar-refractivity contribution in [1.29, 1.82) is 0 Å². The molecule has 0 aliphatic rings. The average Bonchev–Trinajstić information content (AvgIpc) is 2.99. The fourth-order valence-electron chi connectivity index (χ4n) is 4.05. The lowest BCUT2D eigenvalue weighted by atomic mass is 10.1. The van der Waals surface area contributed by atoms with Crippen LogP contribution in [0.15, 0.2) is 74.0 Å². The Labute approximate surface area is 285 Å². The molecule has 0 saturated heterocycles. The summed E-state index contributed by atoms with van der Waals surface area (Å²) in [5, 5.41) is 13.6. The first-order valence-corrected chi connectivity index (χ1v) is 20.4. The summed E-state index contributed by atoms with van der Waals surface area (Å²) in [5.41, 5.74) is 2.16. The molecule has 0 radical (unpaired) electrons. The normalized spacial score (nSPS) is 12.5. The van der Waals surface area contributed by atoms with E-state index in [-0.39, 0.29) is 45.5 Å². The summed E-state index contributed by atoms with van der Waals surface area (Å²) >= 11 is 2.28. The Morgan fingerprint density at radius 3 is 1.92 bits per heavy atom. The van der Waals surface area contributed by atoms with E-state index < -0.39 is 41.9 Å². The van der Waals surface area contributed by atoms with Crippen molar-refractivity contribution in [1.82, 2.24) is 15.0 Å². The van der Waals surface area contributed by atoms with Gasteiger partial charge >= 0.3 is 0 Å². The number of nitrogens with zero attached hydrogens (tertiary/aromatic N) is 5. The number of rotatable bonds is 16. The molecule has 0 aliphatic heterocycles. The van der Waals surface area contributed by atoms with Gasteiger partial charge in [-0.3, -0.25) is 13.7 Å². The minimum absolute atomic E-state index is 0.125. The number of azo groups is 1. The number of hydrogen-bond acceptors (Lipinski definition) is 15. The van der Waals surface area contributed by atoms with Crippen LogP contribution in [0.5, 0.6) is 5.75 Å². The van der Waals surface area contributed by atoms with Crippen LogP contribution < -0.4 is 10.1 Å². The Bertz CT molecular complexity index is 2110. The minimum Gasteiger partial charge on any atom is -0.494 e. The molecule has 0 aliphatic carbocycles. The van der Waals surface area contributed by atoms with Gasteiger partial charge in [-0.1, -0.05) is 35.7 Å². The van der Waals surface area contributed by atoms with Crippen molar-refractivity contribution in [2.75, 3.05) is 35.4 Å². The van der Waals surface area contributed by atoms with E-state index in [4.69, 9.17) is 13.8 Å². The zero-order valence-corrected chi connectivity index (χ0v) is 29.4. The van der Waals surface area contributed by atoms with Crippen LogP contribution in [0.1, 0.15) is 18.4 Å². The van der Waals surface area contributed by atoms with Crippen LogP contribution in [0, 0.1) is 6.92 Å². The first-order chi connectivity index (χ1) is 22.5. The maximum atomic E-state index is 11.4. The van der Waals surface area contributed by atoms with Gasteiger partial charge in [0.1, 0.15) is 5.75 Å². The van der Waals surface area contributed by atoms with Crippen molar-refractivity contribution in [3.05, 3.63) is 54.1 Å². The molecular formula is C27H30N6O10S5. The largest absolute Gasteiger partial charge is 0.494 e. The number of ether oxygens (including phenoxy) is 1. The van der Waals surface area contributed by atoms with Crippen molar-refractivity contribution in [3.63, 3.8) is 0 Å². The molecule has 0 saturated carbocycles. The number of thioether (sulfide) groups is 2. The first-order valence-electron chi connectivity index (χ1n) is 13.8. The van der Waals surface area contributed by atoms with E-state index >= 15 is 0 Å². The summed E-state index contributed by atoms with van der Waals surface area (Å²) in [7, 11) is -11.1. The highest BCUT2D eigenvalue weighted by Gasteiger charge is 2.15. The summed E-state index contributed by atoms with van der Waals surface area (Å²) in [4.78, 5) is 12.9. The van der Waals surface area contributed by atoms with Gasteiger partial charge in [0.25, 0.3) is 30.4 Å². The van der Waals surface area contributed by atoms with Gasteiger partial charge in [0.2, 0.25) is 5.95 Å². The summed E-state index contributed by atoms with van der Waals surface area (Å²) < 4.78 is 100. The van der Waals surface area contributed by atoms with Gasteiger partial charge < -0.3 is 10.1 Å². The maximum Gasteiger partial charge on any atom is 0.294 e. The number of fused-ring (bicyclic) bond motifs is 1. The van der Waals surface area contributed by atoms with Crippen LogP contribution in [0.25, 0.3) is 10.8 Å². The molecule has 0 spiro atoms. The van der Waals surface area contributed by atoms with E-state index in [9.17, 15) is 29.8 Å². The van der Waals surface area contributed by atoms with E-state index in [1.165, 1.54) is 19.2 Å². The van der Waals surface area contributed by atoms with Crippen LogP contribution in [-0.4, -0.2) is 84.0 Å². The van der Waals surface area contributed by atoms with Crippen molar-refractivity contribution in [2.45, 2.75) is 35.0 Å². The zero-order chi connectivity index (χ0) is 35.1. The molecule has 16 nitrogen and oxygen atoms in total. The molecule has 4 N–H and O–H groups in total. The SMILES string of the molecule is COc1cc(N=Nc2ccc3cc(S(=O)(=O)O)ccc3c2)c(C)cc1Nc1nc(SCCCS(=O)(=O)O)nc(SCCCS(=O)(=O)O)n1. The third kappa shape index (κ3) is 11.6. The Hall–Kier alpha value is -3.44. The standard InChI is InChI=1S/C27H30N6O10S5/c1-17-13-23(24(43-2)16-22(17)33-32-20-7-5-19-15-21(48(40,41)42)8-6-18(19)14-20)28-25-29-26(44-9-3-11-46(34,35)36)31-27(30-25)45-10-4-12-47(37,38)39/h5-8,13-16H,3-4,9-12H2,1-2H3,(H,34,35,36)(H,37,38,39)(H,40,41,42)(H,28,29,30,31). The molecule has 48 heavy (non-hydrogen) atoms. The van der Waals surface area contributed by atoms with Crippen molar-refractivity contribution in [2.24, 2.45) is 10.2 Å². The minimum atomic E-state index is -4.33. The number of nitrogens with one attached hydrogen (secondary N) is 1. The third-order valence-electron chi connectivity index (χ3n) is 6.28. The monoisotopic (exact) mass is 758 g/mol. The Morgan fingerprint density at radius 2 is 1.35 bits per heavy atom. The molecule has 0 atom stereocenters. The summed E-state index contributed by atoms with van der Waals surface area (Å²) in [6.07, 6.45) is 0.290. The fraction of sp³-hybridized carbons (Fsp3) is 0.296. The van der Waals surface area contributed by atoms with E-state index in [1.807, 2.05) is 0 Å². The molecule has 4 rings (SSSR count). The predicted octanol–water partition coefficient (Wildman–Crippen LogP) is 5.49. The van der Waals surface area contributed by atoms with Crippen LogP contribution in [0.4, 0.5) is 23.0 Å². The van der Waals surface area contributed by atoms with E-state index in [0.29, 0.717) is 39.1 Å². The highest BCUT2D eigenvalue weighted by molar-refractivity contribution is 7.99. The molecule has 0 fully saturated rings. The van der Waals surface area contributed by atoms with Gasteiger partial charge in [-0.15, -0.1) is 0 Å². The second kappa shape index (κ2) is 15.8. The number of methoxy groups -OCH3 is 1. The second-order valence-electron chi connectivity index (χ2n) is 10.0. The highest BCUT2D eigenvalue weighted by Crippen LogP contribution is 2.36. The molecule has 21 heteroatoms. The number of benzene rings is 3. The fourth-order valence-corrected chi connectivity index (χ4v) is 7.55. The number of aryl methyl sites for hydroxylation is 1. The van der Waals surface area contributed by atoms with Crippen LogP contribution >= 0.6 is 23.5 Å². The van der Waals surface area contributed by atoms with E-state index in [0.717, 1.165) is 23.5 Å². The lowest BCUT2D eigenvalue weighted by Crippen LogP contribution is -2.07. The lowest BCUT2D eigenvalue weighted by molar-refractivity contribution is 0.417. The second-order valence-corrected chi connectivity index (χ2v) is 16.7. The van der Waals surface area contributed by atoms with Crippen LogP contribution in [0.3, 0.4) is 0 Å². The summed E-state index contributed by atoms with van der Waals surface area (Å²) in [6, 6.07) is 12.6. The van der Waals surface area contributed by atoms with Gasteiger partial charge in [-0.25, -0.2) is 0 Å². The maximum absolute atomic E-state index is 11.4. The summed E-state index contributed by atoms with van der Waals surface area (Å²) in [6.45, 7) is 1.80. The molecule has 3 aromatic carbocycles. The number of aromatic nitrogens is 3. The van der Waals surface area contributed by atoms with Crippen molar-refractivity contribution in [3.8, 4) is 5.75 Å². The highest BCUT2D eigenvalue weighted by atomic mass is 32.2.